The summed E-state index contributed by atoms with van der Waals surface area (Å²) in [7, 11) is 0. The molecule has 1 saturated heterocycles. The maximum Gasteiger partial charge on any atom is 0.0356 e. The van der Waals surface area contributed by atoms with Crippen LogP contribution >= 0.6 is 0 Å². The number of hydrogen-bond donors (Lipinski definition) is 1. The van der Waals surface area contributed by atoms with Gasteiger partial charge in [-0.25, -0.2) is 0 Å². The van der Waals surface area contributed by atoms with Crippen molar-refractivity contribution in [2.45, 2.75) is 71.4 Å². The molecule has 1 unspecified atom stereocenters. The maximum atomic E-state index is 3.63. The minimum atomic E-state index is 0.199. The lowest BCUT2D eigenvalue weighted by molar-refractivity contribution is 0.0858. The molecule has 2 heteroatoms. The molecule has 0 aromatic carbocycles. The Kier molecular flexibility index (Phi) is 6.75. The first kappa shape index (κ1) is 15.5. The first-order valence-electron chi connectivity index (χ1n) is 7.51. The lowest BCUT2D eigenvalue weighted by Gasteiger charge is -2.43. The van der Waals surface area contributed by atoms with Crippen LogP contribution in [0.2, 0.25) is 0 Å². The van der Waals surface area contributed by atoms with Crippen molar-refractivity contribution in [3.63, 3.8) is 0 Å². The van der Waals surface area contributed by atoms with Gasteiger partial charge in [-0.1, -0.05) is 19.8 Å². The fourth-order valence-electron chi connectivity index (χ4n) is 2.89. The van der Waals surface area contributed by atoms with Gasteiger partial charge in [0.15, 0.2) is 0 Å². The Balaban J connectivity index is 2.72. The van der Waals surface area contributed by atoms with Gasteiger partial charge >= 0.3 is 0 Å². The molecule has 18 heavy (non-hydrogen) atoms. The molecule has 0 aromatic rings. The summed E-state index contributed by atoms with van der Waals surface area (Å²) < 4.78 is 0. The number of rotatable bonds is 5. The molecule has 0 saturated carbocycles. The third kappa shape index (κ3) is 4.30. The maximum absolute atomic E-state index is 3.63. The molecule has 1 aliphatic heterocycles. The van der Waals surface area contributed by atoms with E-state index in [2.05, 4.69) is 42.8 Å². The van der Waals surface area contributed by atoms with Gasteiger partial charge in [-0.05, 0) is 53.2 Å². The van der Waals surface area contributed by atoms with E-state index >= 15 is 0 Å². The van der Waals surface area contributed by atoms with Gasteiger partial charge in [-0.15, -0.1) is 11.8 Å². The number of hydrogen-bond acceptors (Lipinski definition) is 2. The van der Waals surface area contributed by atoms with Crippen LogP contribution in [0.15, 0.2) is 0 Å². The van der Waals surface area contributed by atoms with E-state index in [4.69, 9.17) is 0 Å². The molecule has 1 atom stereocenters. The van der Waals surface area contributed by atoms with E-state index in [9.17, 15) is 0 Å². The highest BCUT2D eigenvalue weighted by molar-refractivity contribution is 5.04. The second kappa shape index (κ2) is 7.81. The molecule has 1 N–H and O–H groups in total. The van der Waals surface area contributed by atoms with Crippen LogP contribution in [0.5, 0.6) is 0 Å². The Labute approximate surface area is 114 Å². The van der Waals surface area contributed by atoms with E-state index in [-0.39, 0.29) is 5.54 Å². The third-order valence-corrected chi connectivity index (χ3v) is 4.21. The summed E-state index contributed by atoms with van der Waals surface area (Å²) in [6.45, 7) is 12.4. The summed E-state index contributed by atoms with van der Waals surface area (Å²) in [5.41, 5.74) is 0.199. The summed E-state index contributed by atoms with van der Waals surface area (Å²) in [5, 5.41) is 3.63. The van der Waals surface area contributed by atoms with Crippen LogP contribution in [-0.4, -0.2) is 36.1 Å². The van der Waals surface area contributed by atoms with Crippen molar-refractivity contribution in [1.29, 1.82) is 0 Å². The van der Waals surface area contributed by atoms with Crippen LogP contribution in [0.4, 0.5) is 0 Å². The zero-order valence-corrected chi connectivity index (χ0v) is 12.7. The molecule has 0 aromatic heterocycles. The summed E-state index contributed by atoms with van der Waals surface area (Å²) in [6.07, 6.45) is 6.44. The zero-order chi connectivity index (χ0) is 13.4. The fourth-order valence-corrected chi connectivity index (χ4v) is 2.89. The highest BCUT2D eigenvalue weighted by Gasteiger charge is 2.34. The van der Waals surface area contributed by atoms with Crippen LogP contribution < -0.4 is 5.32 Å². The normalized spacial score (nSPS) is 19.8. The lowest BCUT2D eigenvalue weighted by Crippen LogP contribution is -2.57. The van der Waals surface area contributed by atoms with Crippen molar-refractivity contribution in [3.8, 4) is 11.8 Å². The van der Waals surface area contributed by atoms with Crippen molar-refractivity contribution in [2.75, 3.05) is 19.6 Å². The van der Waals surface area contributed by atoms with Crippen molar-refractivity contribution in [1.82, 2.24) is 10.2 Å². The summed E-state index contributed by atoms with van der Waals surface area (Å²) >= 11 is 0. The van der Waals surface area contributed by atoms with Gasteiger partial charge in [-0.3, -0.25) is 4.90 Å². The molecule has 0 radical (unpaired) electrons. The highest BCUT2D eigenvalue weighted by atomic mass is 15.2. The number of likely N-dealkylation sites (N-methyl/N-ethyl adjacent to an activating group) is 1. The first-order valence-corrected chi connectivity index (χ1v) is 7.51. The van der Waals surface area contributed by atoms with Crippen LogP contribution in [-0.2, 0) is 0 Å². The Morgan fingerprint density at radius 2 is 1.78 bits per heavy atom. The second-order valence-corrected chi connectivity index (χ2v) is 5.80. The predicted molar refractivity (Wildman–Crippen MR) is 79.7 cm³/mol. The summed E-state index contributed by atoms with van der Waals surface area (Å²) in [4.78, 5) is 2.67. The average Bonchev–Trinajstić information content (AvgIpc) is 2.63. The fraction of sp³-hybridized carbons (Fsp3) is 0.875. The van der Waals surface area contributed by atoms with E-state index in [0.29, 0.717) is 6.04 Å². The van der Waals surface area contributed by atoms with Gasteiger partial charge in [0.25, 0.3) is 0 Å². The van der Waals surface area contributed by atoms with E-state index in [1.54, 1.807) is 0 Å². The Bertz CT molecular complexity index is 277. The van der Waals surface area contributed by atoms with E-state index < -0.39 is 0 Å². The number of nitrogens with one attached hydrogen (secondary N) is 1. The van der Waals surface area contributed by atoms with Crippen molar-refractivity contribution in [3.05, 3.63) is 0 Å². The third-order valence-electron chi connectivity index (χ3n) is 4.21. The minimum Gasteiger partial charge on any atom is -0.312 e. The monoisotopic (exact) mass is 250 g/mol. The zero-order valence-electron chi connectivity index (χ0n) is 12.7. The van der Waals surface area contributed by atoms with Gasteiger partial charge < -0.3 is 5.32 Å². The Morgan fingerprint density at radius 1 is 1.17 bits per heavy atom. The molecule has 0 aliphatic carbocycles. The lowest BCUT2D eigenvalue weighted by atomic mass is 9.89. The molecule has 104 valence electrons. The van der Waals surface area contributed by atoms with E-state index in [1.807, 2.05) is 6.92 Å². The SMILES string of the molecule is CC#CCC(NCC)C(C)(C)N1CCCCCC1. The van der Waals surface area contributed by atoms with Gasteiger partial charge in [0, 0.05) is 18.0 Å². The molecule has 0 spiro atoms. The minimum absolute atomic E-state index is 0.199. The molecular formula is C16H30N2. The largest absolute Gasteiger partial charge is 0.312 e. The first-order chi connectivity index (χ1) is 8.62. The standard InChI is InChI=1S/C16H30N2/c1-5-7-12-15(17-6-2)16(3,4)18-13-10-8-9-11-14-18/h15,17H,6,8-14H2,1-4H3. The van der Waals surface area contributed by atoms with E-state index in [0.717, 1.165) is 13.0 Å². The highest BCUT2D eigenvalue weighted by Crippen LogP contribution is 2.25. The van der Waals surface area contributed by atoms with Crippen LogP contribution in [0.25, 0.3) is 0 Å². The second-order valence-electron chi connectivity index (χ2n) is 5.80. The number of likely N-dealkylation sites (tertiary alicyclic amines) is 1. The van der Waals surface area contributed by atoms with Gasteiger partial charge in [-0.2, -0.15) is 0 Å². The molecule has 2 nitrogen and oxygen atoms in total. The topological polar surface area (TPSA) is 15.3 Å². The Hall–Kier alpha value is -0.520. The van der Waals surface area contributed by atoms with Crippen LogP contribution in [0.1, 0.15) is 59.8 Å². The van der Waals surface area contributed by atoms with Gasteiger partial charge in [0.05, 0.1) is 0 Å². The smallest absolute Gasteiger partial charge is 0.0356 e. The van der Waals surface area contributed by atoms with Gasteiger partial charge in [0.1, 0.15) is 0 Å². The van der Waals surface area contributed by atoms with E-state index in [1.165, 1.54) is 38.8 Å². The Morgan fingerprint density at radius 3 is 2.28 bits per heavy atom. The summed E-state index contributed by atoms with van der Waals surface area (Å²) in [5.74, 6) is 6.29. The van der Waals surface area contributed by atoms with Gasteiger partial charge in [0.2, 0.25) is 0 Å². The molecular weight excluding hydrogens is 220 g/mol. The van der Waals surface area contributed by atoms with Crippen LogP contribution in [0.3, 0.4) is 0 Å². The molecule has 0 bridgehead atoms. The summed E-state index contributed by atoms with van der Waals surface area (Å²) in [6, 6.07) is 0.466. The van der Waals surface area contributed by atoms with Crippen LogP contribution in [0, 0.1) is 11.8 Å². The molecule has 1 rings (SSSR count). The predicted octanol–water partition coefficient (Wildman–Crippen LogP) is 3.03. The average molecular weight is 250 g/mol. The van der Waals surface area contributed by atoms with Crippen molar-refractivity contribution >= 4 is 0 Å². The molecule has 1 aliphatic rings. The molecule has 1 heterocycles. The quantitative estimate of drug-likeness (QED) is 0.755. The van der Waals surface area contributed by atoms with Crippen molar-refractivity contribution in [2.24, 2.45) is 0 Å². The van der Waals surface area contributed by atoms with Crippen molar-refractivity contribution < 1.29 is 0 Å². The molecule has 0 amide bonds. The molecule has 1 fully saturated rings. The number of nitrogens with zero attached hydrogens (tertiary/aromatic N) is 1.